The van der Waals surface area contributed by atoms with Gasteiger partial charge in [0.15, 0.2) is 5.65 Å². The number of halogens is 1. The first-order valence-electron chi connectivity index (χ1n) is 8.62. The highest BCUT2D eigenvalue weighted by Crippen LogP contribution is 2.30. The van der Waals surface area contributed by atoms with E-state index in [0.717, 1.165) is 36.5 Å². The van der Waals surface area contributed by atoms with E-state index in [1.807, 2.05) is 24.3 Å². The van der Waals surface area contributed by atoms with Gasteiger partial charge in [-0.3, -0.25) is 9.17 Å². The van der Waals surface area contributed by atoms with Crippen LogP contribution in [-0.2, 0) is 15.4 Å². The molecule has 1 aliphatic carbocycles. The Labute approximate surface area is 163 Å². The molecular formula is C17H19ClN6O2S. The molecule has 0 bridgehead atoms. The summed E-state index contributed by atoms with van der Waals surface area (Å²) in [5.74, 6) is 1.10. The maximum Gasteiger partial charge on any atom is 0.231 e. The maximum atomic E-state index is 10.9. The zero-order valence-electron chi connectivity index (χ0n) is 14.4. The lowest BCUT2D eigenvalue weighted by atomic mass is 10.1. The van der Waals surface area contributed by atoms with Crippen molar-refractivity contribution < 1.29 is 8.39 Å². The van der Waals surface area contributed by atoms with Gasteiger partial charge in [0.05, 0.1) is 12.3 Å². The fourth-order valence-corrected chi connectivity index (χ4v) is 3.93. The molecule has 4 rings (SSSR count). The van der Waals surface area contributed by atoms with Crippen LogP contribution < -0.4 is 10.5 Å². The fourth-order valence-electron chi connectivity index (χ4n) is 3.42. The molecule has 0 spiro atoms. The second-order valence-electron chi connectivity index (χ2n) is 6.54. The maximum absolute atomic E-state index is 10.9. The fraction of sp³-hybridized carbons (Fsp3) is 0.353. The summed E-state index contributed by atoms with van der Waals surface area (Å²) >= 11 is 4.49. The van der Waals surface area contributed by atoms with Gasteiger partial charge in [0.1, 0.15) is 16.7 Å². The second kappa shape index (κ2) is 7.89. The minimum Gasteiger partial charge on any atom is -0.367 e. The van der Waals surface area contributed by atoms with E-state index >= 15 is 0 Å². The van der Waals surface area contributed by atoms with Crippen LogP contribution in [0.25, 0.3) is 17.0 Å². The quantitative estimate of drug-likeness (QED) is 0.609. The molecule has 0 saturated heterocycles. The minimum atomic E-state index is -1.71. The predicted molar refractivity (Wildman–Crippen MR) is 104 cm³/mol. The average Bonchev–Trinajstić information content (AvgIpc) is 3.27. The smallest absolute Gasteiger partial charge is 0.231 e. The molecule has 3 atom stereocenters. The van der Waals surface area contributed by atoms with Crippen molar-refractivity contribution in [2.75, 3.05) is 11.9 Å². The molecule has 0 radical (unpaired) electrons. The summed E-state index contributed by atoms with van der Waals surface area (Å²) in [6.45, 7) is 0.402. The number of pyridine rings is 1. The van der Waals surface area contributed by atoms with Gasteiger partial charge in [-0.2, -0.15) is 9.61 Å². The van der Waals surface area contributed by atoms with Crippen molar-refractivity contribution in [1.82, 2.24) is 19.6 Å². The number of fused-ring (bicyclic) bond motifs is 1. The molecule has 0 aliphatic heterocycles. The van der Waals surface area contributed by atoms with Crippen LogP contribution in [0, 0.1) is 5.92 Å². The van der Waals surface area contributed by atoms with Gasteiger partial charge in [0.2, 0.25) is 11.3 Å². The summed E-state index contributed by atoms with van der Waals surface area (Å²) in [5.41, 5.74) is 2.16. The molecule has 3 N–H and O–H groups in total. The molecule has 142 valence electrons. The molecule has 0 aromatic carbocycles. The predicted octanol–water partition coefficient (Wildman–Crippen LogP) is 2.58. The molecule has 3 aromatic heterocycles. The van der Waals surface area contributed by atoms with E-state index in [1.54, 1.807) is 16.8 Å². The molecule has 3 heterocycles. The Bertz CT molecular complexity index is 967. The van der Waals surface area contributed by atoms with Crippen LogP contribution in [0.1, 0.15) is 19.3 Å². The number of hydrogen-bond acceptors (Lipinski definition) is 6. The van der Waals surface area contributed by atoms with Crippen molar-refractivity contribution in [3.05, 3.63) is 41.7 Å². The van der Waals surface area contributed by atoms with Gasteiger partial charge in [-0.1, -0.05) is 17.7 Å². The van der Waals surface area contributed by atoms with Gasteiger partial charge in [-0.05, 0) is 37.3 Å². The van der Waals surface area contributed by atoms with E-state index in [1.165, 1.54) is 0 Å². The Morgan fingerprint density at radius 2 is 2.22 bits per heavy atom. The first-order chi connectivity index (χ1) is 13.1. The lowest BCUT2D eigenvalue weighted by Crippen LogP contribution is -2.19. The molecule has 1 aliphatic rings. The summed E-state index contributed by atoms with van der Waals surface area (Å²) in [6, 6.07) is 9.56. The molecule has 27 heavy (non-hydrogen) atoms. The molecule has 3 aromatic rings. The van der Waals surface area contributed by atoms with Crippen molar-refractivity contribution in [3.8, 4) is 11.4 Å². The number of nitrogens with two attached hydrogens (primary N) is 1. The van der Waals surface area contributed by atoms with Gasteiger partial charge in [-0.15, -0.1) is 0 Å². The molecule has 0 amide bonds. The Hall–Kier alpha value is -2.07. The van der Waals surface area contributed by atoms with Crippen molar-refractivity contribution in [2.45, 2.75) is 25.3 Å². The molecule has 1 fully saturated rings. The van der Waals surface area contributed by atoms with E-state index in [2.05, 4.69) is 20.4 Å². The van der Waals surface area contributed by atoms with E-state index < -0.39 is 11.3 Å². The lowest BCUT2D eigenvalue weighted by molar-refractivity contribution is 0.274. The summed E-state index contributed by atoms with van der Waals surface area (Å²) < 4.78 is 17.7. The van der Waals surface area contributed by atoms with Crippen LogP contribution in [0.3, 0.4) is 0 Å². The van der Waals surface area contributed by atoms with Gasteiger partial charge < -0.3 is 5.32 Å². The van der Waals surface area contributed by atoms with Crippen molar-refractivity contribution in [3.63, 3.8) is 0 Å². The molecule has 8 nitrogen and oxygen atoms in total. The van der Waals surface area contributed by atoms with E-state index in [9.17, 15) is 4.21 Å². The van der Waals surface area contributed by atoms with Gasteiger partial charge in [0, 0.05) is 24.4 Å². The number of nitrogens with one attached hydrogen (secondary N) is 1. The summed E-state index contributed by atoms with van der Waals surface area (Å²) in [7, 11) is 0. The summed E-state index contributed by atoms with van der Waals surface area (Å²) in [4.78, 5) is 8.69. The number of rotatable bonds is 6. The monoisotopic (exact) mass is 406 g/mol. The Kier molecular flexibility index (Phi) is 5.35. The van der Waals surface area contributed by atoms with Gasteiger partial charge >= 0.3 is 0 Å². The SMILES string of the molecule is NS(=O)OCC1CCC(Nc2cc(Cl)nc3cc(-c4ccccn4)nn23)C1. The number of aromatic nitrogens is 4. The average molecular weight is 407 g/mol. The van der Waals surface area contributed by atoms with Crippen LogP contribution in [-0.4, -0.2) is 36.4 Å². The topological polar surface area (TPSA) is 107 Å². The zero-order valence-corrected chi connectivity index (χ0v) is 16.0. The van der Waals surface area contributed by atoms with E-state index in [-0.39, 0.29) is 6.04 Å². The first-order valence-corrected chi connectivity index (χ1v) is 10.1. The minimum absolute atomic E-state index is 0.244. The second-order valence-corrected chi connectivity index (χ2v) is 7.69. The third kappa shape index (κ3) is 4.27. The molecule has 1 saturated carbocycles. The first kappa shape index (κ1) is 18.3. The van der Waals surface area contributed by atoms with Crippen molar-refractivity contribution >= 4 is 34.3 Å². The number of anilines is 1. The van der Waals surface area contributed by atoms with Crippen molar-refractivity contribution in [2.24, 2.45) is 11.1 Å². The van der Waals surface area contributed by atoms with Crippen molar-refractivity contribution in [1.29, 1.82) is 0 Å². The van der Waals surface area contributed by atoms with Crippen LogP contribution in [0.5, 0.6) is 0 Å². The third-order valence-corrected chi connectivity index (χ3v) is 5.20. The largest absolute Gasteiger partial charge is 0.367 e. The lowest BCUT2D eigenvalue weighted by Gasteiger charge is -2.15. The third-order valence-electron chi connectivity index (χ3n) is 4.64. The zero-order chi connectivity index (χ0) is 18.8. The van der Waals surface area contributed by atoms with Gasteiger partial charge in [0.25, 0.3) is 0 Å². The number of hydrogen-bond donors (Lipinski definition) is 2. The molecule has 10 heteroatoms. The van der Waals surface area contributed by atoms with Crippen LogP contribution >= 0.6 is 11.6 Å². The summed E-state index contributed by atoms with van der Waals surface area (Å²) in [6.07, 6.45) is 4.58. The van der Waals surface area contributed by atoms with Crippen LogP contribution in [0.2, 0.25) is 5.15 Å². The van der Waals surface area contributed by atoms with Gasteiger partial charge in [-0.25, -0.2) is 14.3 Å². The summed E-state index contributed by atoms with van der Waals surface area (Å²) in [5, 5.41) is 13.7. The highest BCUT2D eigenvalue weighted by Gasteiger charge is 2.26. The normalized spacial score (nSPS) is 20.8. The Morgan fingerprint density at radius 1 is 1.33 bits per heavy atom. The van der Waals surface area contributed by atoms with Crippen LogP contribution in [0.15, 0.2) is 36.5 Å². The standard InChI is InChI=1S/C17H19ClN6O2S/c18-15-9-17(21-12-5-4-11(7-12)10-26-27(19)25)24-16(22-15)8-14(23-24)13-3-1-2-6-20-13/h1-3,6,8-9,11-12,21H,4-5,7,10,19H2. The van der Waals surface area contributed by atoms with E-state index in [4.69, 9.17) is 20.9 Å². The van der Waals surface area contributed by atoms with E-state index in [0.29, 0.717) is 23.3 Å². The highest BCUT2D eigenvalue weighted by atomic mass is 35.5. The molecule has 3 unspecified atom stereocenters. The van der Waals surface area contributed by atoms with Crippen LogP contribution in [0.4, 0.5) is 5.82 Å². The Balaban J connectivity index is 1.55. The highest BCUT2D eigenvalue weighted by molar-refractivity contribution is 7.77. The number of nitrogens with zero attached hydrogens (tertiary/aromatic N) is 4. The molecular weight excluding hydrogens is 388 g/mol. The Morgan fingerprint density at radius 3 is 3.00 bits per heavy atom.